The second-order valence-corrected chi connectivity index (χ2v) is 5.12. The van der Waals surface area contributed by atoms with Crippen molar-refractivity contribution in [2.24, 2.45) is 5.92 Å². The summed E-state index contributed by atoms with van der Waals surface area (Å²) in [5.74, 6) is 0.173. The lowest BCUT2D eigenvalue weighted by atomic mass is 9.97. The van der Waals surface area contributed by atoms with Gasteiger partial charge in [0, 0.05) is 12.5 Å². The third-order valence-electron chi connectivity index (χ3n) is 3.11. The Kier molecular flexibility index (Phi) is 6.63. The molecule has 3 N–H and O–H groups in total. The van der Waals surface area contributed by atoms with E-state index in [4.69, 9.17) is 0 Å². The van der Waals surface area contributed by atoms with E-state index in [2.05, 4.69) is 10.6 Å². The van der Waals surface area contributed by atoms with E-state index < -0.39 is 6.10 Å². The average Bonchev–Trinajstić information content (AvgIpc) is 2.90. The number of thiophene rings is 1. The van der Waals surface area contributed by atoms with E-state index in [9.17, 15) is 9.90 Å². The zero-order valence-corrected chi connectivity index (χ0v) is 11.7. The Hall–Kier alpha value is -0.620. The molecule has 6 heteroatoms. The van der Waals surface area contributed by atoms with Crippen molar-refractivity contribution in [2.45, 2.75) is 18.9 Å². The molecule has 1 aliphatic rings. The fourth-order valence-corrected chi connectivity index (χ4v) is 2.72. The lowest BCUT2D eigenvalue weighted by Gasteiger charge is -2.22. The Morgan fingerprint density at radius 3 is 2.89 bits per heavy atom. The highest BCUT2D eigenvalue weighted by Gasteiger charge is 2.21. The topological polar surface area (TPSA) is 61.4 Å². The predicted octanol–water partition coefficient (Wildman–Crippen LogP) is 1.32. The van der Waals surface area contributed by atoms with Crippen molar-refractivity contribution in [3.63, 3.8) is 0 Å². The molecule has 0 radical (unpaired) electrons. The number of piperidine rings is 1. The zero-order chi connectivity index (χ0) is 12.1. The Balaban J connectivity index is 0.00000162. The minimum absolute atomic E-state index is 0. The van der Waals surface area contributed by atoms with Gasteiger partial charge in [0.1, 0.15) is 0 Å². The maximum Gasteiger partial charge on any atom is 0.223 e. The van der Waals surface area contributed by atoms with Gasteiger partial charge >= 0.3 is 0 Å². The normalized spacial score (nSPS) is 17.8. The van der Waals surface area contributed by atoms with Gasteiger partial charge in [-0.15, -0.1) is 12.4 Å². The van der Waals surface area contributed by atoms with Crippen LogP contribution >= 0.6 is 23.7 Å². The van der Waals surface area contributed by atoms with Crippen LogP contribution in [-0.4, -0.2) is 30.6 Å². The second kappa shape index (κ2) is 7.74. The third kappa shape index (κ3) is 4.24. The second-order valence-electron chi connectivity index (χ2n) is 4.34. The number of amides is 1. The Labute approximate surface area is 117 Å². The lowest BCUT2D eigenvalue weighted by molar-refractivity contribution is -0.126. The molecule has 4 nitrogen and oxygen atoms in total. The highest BCUT2D eigenvalue weighted by atomic mass is 35.5. The predicted molar refractivity (Wildman–Crippen MR) is 75.1 cm³/mol. The Bertz CT molecular complexity index is 353. The van der Waals surface area contributed by atoms with E-state index in [0.717, 1.165) is 31.5 Å². The van der Waals surface area contributed by atoms with Gasteiger partial charge in [0.15, 0.2) is 0 Å². The first-order valence-electron chi connectivity index (χ1n) is 5.96. The fraction of sp³-hybridized carbons (Fsp3) is 0.583. The number of carbonyl (C=O) groups is 1. The summed E-state index contributed by atoms with van der Waals surface area (Å²) in [5.41, 5.74) is 0.876. The van der Waals surface area contributed by atoms with Gasteiger partial charge in [-0.05, 0) is 48.3 Å². The van der Waals surface area contributed by atoms with Crippen molar-refractivity contribution in [3.05, 3.63) is 22.4 Å². The molecule has 0 spiro atoms. The lowest BCUT2D eigenvalue weighted by Crippen LogP contribution is -2.39. The molecule has 102 valence electrons. The molecule has 1 aromatic heterocycles. The van der Waals surface area contributed by atoms with E-state index in [0.29, 0.717) is 6.54 Å². The molecule has 1 saturated heterocycles. The van der Waals surface area contributed by atoms with Crippen LogP contribution in [0, 0.1) is 5.92 Å². The van der Waals surface area contributed by atoms with Crippen LogP contribution in [0.25, 0.3) is 0 Å². The van der Waals surface area contributed by atoms with E-state index in [-0.39, 0.29) is 24.2 Å². The van der Waals surface area contributed by atoms with E-state index in [1.807, 2.05) is 16.8 Å². The van der Waals surface area contributed by atoms with Crippen molar-refractivity contribution in [1.29, 1.82) is 0 Å². The Morgan fingerprint density at radius 2 is 2.28 bits per heavy atom. The largest absolute Gasteiger partial charge is 0.387 e. The average molecular weight is 291 g/mol. The molecule has 1 atom stereocenters. The smallest absolute Gasteiger partial charge is 0.223 e. The standard InChI is InChI=1S/C12H18N2O2S.ClH/c15-11(10-3-6-17-8-10)7-14-12(16)9-1-4-13-5-2-9;/h3,6,8-9,11,13,15H,1-2,4-5,7H2,(H,14,16);1H. The number of carbonyl (C=O) groups excluding carboxylic acids is 1. The van der Waals surface area contributed by atoms with Crippen LogP contribution in [0.5, 0.6) is 0 Å². The van der Waals surface area contributed by atoms with Crippen LogP contribution in [0.2, 0.25) is 0 Å². The van der Waals surface area contributed by atoms with Crippen molar-refractivity contribution in [1.82, 2.24) is 10.6 Å². The first kappa shape index (κ1) is 15.4. The summed E-state index contributed by atoms with van der Waals surface area (Å²) in [6.45, 7) is 2.12. The van der Waals surface area contributed by atoms with Gasteiger partial charge in [-0.3, -0.25) is 4.79 Å². The van der Waals surface area contributed by atoms with Crippen LogP contribution < -0.4 is 10.6 Å². The molecular formula is C12H19ClN2O2S. The minimum Gasteiger partial charge on any atom is -0.387 e. The van der Waals surface area contributed by atoms with Gasteiger partial charge in [0.05, 0.1) is 6.10 Å². The van der Waals surface area contributed by atoms with Gasteiger partial charge < -0.3 is 15.7 Å². The molecule has 1 aromatic rings. The molecule has 1 fully saturated rings. The summed E-state index contributed by atoms with van der Waals surface area (Å²) in [5, 5.41) is 19.7. The number of aliphatic hydroxyl groups is 1. The summed E-state index contributed by atoms with van der Waals surface area (Å²) in [7, 11) is 0. The number of hydrogen-bond donors (Lipinski definition) is 3. The fourth-order valence-electron chi connectivity index (χ4n) is 2.01. The summed E-state index contributed by atoms with van der Waals surface area (Å²) in [6, 6.07) is 1.88. The maximum absolute atomic E-state index is 11.8. The van der Waals surface area contributed by atoms with Crippen molar-refractivity contribution in [3.8, 4) is 0 Å². The van der Waals surface area contributed by atoms with Crippen LogP contribution in [0.3, 0.4) is 0 Å². The molecule has 2 rings (SSSR count). The van der Waals surface area contributed by atoms with Crippen LogP contribution in [-0.2, 0) is 4.79 Å². The molecule has 0 saturated carbocycles. The first-order valence-corrected chi connectivity index (χ1v) is 6.90. The first-order chi connectivity index (χ1) is 8.27. The number of rotatable bonds is 4. The van der Waals surface area contributed by atoms with Crippen molar-refractivity contribution >= 4 is 29.7 Å². The highest BCUT2D eigenvalue weighted by Crippen LogP contribution is 2.16. The highest BCUT2D eigenvalue weighted by molar-refractivity contribution is 7.07. The molecule has 1 unspecified atom stereocenters. The molecule has 0 bridgehead atoms. The van der Waals surface area contributed by atoms with E-state index in [1.165, 1.54) is 0 Å². The van der Waals surface area contributed by atoms with Gasteiger partial charge in [0.2, 0.25) is 5.91 Å². The SMILES string of the molecule is Cl.O=C(NCC(O)c1ccsc1)C1CCNCC1. The van der Waals surface area contributed by atoms with Crippen LogP contribution in [0.4, 0.5) is 0 Å². The summed E-state index contributed by atoms with van der Waals surface area (Å²) in [4.78, 5) is 11.8. The number of hydrogen-bond acceptors (Lipinski definition) is 4. The maximum atomic E-state index is 11.8. The molecule has 0 aliphatic carbocycles. The summed E-state index contributed by atoms with van der Waals surface area (Å²) in [6.07, 6.45) is 1.19. The quantitative estimate of drug-likeness (QED) is 0.784. The molecule has 1 aliphatic heterocycles. The van der Waals surface area contributed by atoms with Gasteiger partial charge in [-0.2, -0.15) is 11.3 Å². The molecule has 18 heavy (non-hydrogen) atoms. The van der Waals surface area contributed by atoms with Gasteiger partial charge in [-0.25, -0.2) is 0 Å². The number of nitrogens with one attached hydrogen (secondary N) is 2. The number of halogens is 1. The van der Waals surface area contributed by atoms with Crippen molar-refractivity contribution < 1.29 is 9.90 Å². The van der Waals surface area contributed by atoms with E-state index in [1.54, 1.807) is 11.3 Å². The van der Waals surface area contributed by atoms with Gasteiger partial charge in [0.25, 0.3) is 0 Å². The van der Waals surface area contributed by atoms with E-state index >= 15 is 0 Å². The summed E-state index contributed by atoms with van der Waals surface area (Å²) >= 11 is 1.55. The Morgan fingerprint density at radius 1 is 1.56 bits per heavy atom. The van der Waals surface area contributed by atoms with Crippen molar-refractivity contribution in [2.75, 3.05) is 19.6 Å². The van der Waals surface area contributed by atoms with Crippen LogP contribution in [0.15, 0.2) is 16.8 Å². The van der Waals surface area contributed by atoms with Crippen LogP contribution in [0.1, 0.15) is 24.5 Å². The molecule has 2 heterocycles. The minimum atomic E-state index is -0.591. The third-order valence-corrected chi connectivity index (χ3v) is 3.81. The summed E-state index contributed by atoms with van der Waals surface area (Å²) < 4.78 is 0. The molecule has 0 aromatic carbocycles. The number of aliphatic hydroxyl groups excluding tert-OH is 1. The molecular weight excluding hydrogens is 272 g/mol. The monoisotopic (exact) mass is 290 g/mol. The molecule has 1 amide bonds. The van der Waals surface area contributed by atoms with Gasteiger partial charge in [-0.1, -0.05) is 0 Å². The zero-order valence-electron chi connectivity index (χ0n) is 10.1.